The van der Waals surface area contributed by atoms with Crippen molar-refractivity contribution in [1.29, 1.82) is 0 Å². The van der Waals surface area contributed by atoms with Gasteiger partial charge in [0.1, 0.15) is 0 Å². The van der Waals surface area contributed by atoms with Gasteiger partial charge in [0.05, 0.1) is 0 Å². The maximum absolute atomic E-state index is 3.91. The van der Waals surface area contributed by atoms with Crippen molar-refractivity contribution in [2.75, 3.05) is 11.5 Å². The number of nitrogens with one attached hydrogen (secondary N) is 1. The van der Waals surface area contributed by atoms with Gasteiger partial charge in [-0.1, -0.05) is 13.8 Å². The highest BCUT2D eigenvalue weighted by atomic mass is 32.2. The van der Waals surface area contributed by atoms with Crippen LogP contribution in [0.2, 0.25) is 0 Å². The standard InChI is InChI=1S/C13H25NS/c1-10-3-4-13(11(2)9-10)14-12-5-7-15-8-6-12/h10-14H,3-9H2,1-2H3. The molecule has 0 amide bonds. The molecule has 0 spiro atoms. The van der Waals surface area contributed by atoms with E-state index in [-0.39, 0.29) is 0 Å². The molecule has 1 heterocycles. The average Bonchev–Trinajstić information content (AvgIpc) is 2.24. The Morgan fingerprint density at radius 1 is 1.00 bits per heavy atom. The van der Waals surface area contributed by atoms with Crippen LogP contribution in [-0.2, 0) is 0 Å². The summed E-state index contributed by atoms with van der Waals surface area (Å²) in [6.45, 7) is 4.84. The second kappa shape index (κ2) is 5.58. The van der Waals surface area contributed by atoms with E-state index in [4.69, 9.17) is 0 Å². The van der Waals surface area contributed by atoms with Gasteiger partial charge in [-0.3, -0.25) is 0 Å². The number of hydrogen-bond donors (Lipinski definition) is 1. The van der Waals surface area contributed by atoms with Crippen molar-refractivity contribution in [2.24, 2.45) is 11.8 Å². The van der Waals surface area contributed by atoms with Gasteiger partial charge in [0.25, 0.3) is 0 Å². The Kier molecular flexibility index (Phi) is 4.39. The first kappa shape index (κ1) is 11.8. The predicted molar refractivity (Wildman–Crippen MR) is 69.4 cm³/mol. The molecule has 88 valence electrons. The second-order valence-corrected chi connectivity index (χ2v) is 6.78. The fraction of sp³-hybridized carbons (Fsp3) is 1.00. The normalized spacial score (nSPS) is 39.2. The number of rotatable bonds is 2. The third-order valence-corrected chi connectivity index (χ3v) is 5.15. The zero-order valence-electron chi connectivity index (χ0n) is 10.2. The molecule has 0 aromatic heterocycles. The second-order valence-electron chi connectivity index (χ2n) is 5.56. The molecular formula is C13H25NS. The lowest BCUT2D eigenvalue weighted by molar-refractivity contribution is 0.210. The van der Waals surface area contributed by atoms with E-state index in [9.17, 15) is 0 Å². The van der Waals surface area contributed by atoms with Gasteiger partial charge in [0.15, 0.2) is 0 Å². The van der Waals surface area contributed by atoms with Crippen LogP contribution in [0, 0.1) is 11.8 Å². The van der Waals surface area contributed by atoms with Crippen molar-refractivity contribution < 1.29 is 0 Å². The molecule has 15 heavy (non-hydrogen) atoms. The van der Waals surface area contributed by atoms with Gasteiger partial charge in [-0.2, -0.15) is 11.8 Å². The van der Waals surface area contributed by atoms with Crippen LogP contribution in [0.4, 0.5) is 0 Å². The van der Waals surface area contributed by atoms with Gasteiger partial charge in [-0.15, -0.1) is 0 Å². The van der Waals surface area contributed by atoms with E-state index < -0.39 is 0 Å². The van der Waals surface area contributed by atoms with Gasteiger partial charge < -0.3 is 5.32 Å². The first-order valence-corrected chi connectivity index (χ1v) is 7.75. The van der Waals surface area contributed by atoms with E-state index in [1.54, 1.807) is 0 Å². The molecule has 2 rings (SSSR count). The molecule has 2 fully saturated rings. The van der Waals surface area contributed by atoms with E-state index in [1.807, 2.05) is 0 Å². The zero-order valence-corrected chi connectivity index (χ0v) is 11.0. The minimum absolute atomic E-state index is 0.814. The first-order chi connectivity index (χ1) is 7.25. The summed E-state index contributed by atoms with van der Waals surface area (Å²) < 4.78 is 0. The van der Waals surface area contributed by atoms with E-state index >= 15 is 0 Å². The Balaban J connectivity index is 1.77. The Morgan fingerprint density at radius 3 is 2.40 bits per heavy atom. The molecule has 0 aromatic carbocycles. The minimum Gasteiger partial charge on any atom is -0.311 e. The molecule has 1 saturated heterocycles. The van der Waals surface area contributed by atoms with E-state index in [0.29, 0.717) is 0 Å². The quantitative estimate of drug-likeness (QED) is 0.777. The van der Waals surface area contributed by atoms with E-state index in [2.05, 4.69) is 30.9 Å². The van der Waals surface area contributed by atoms with Crippen molar-refractivity contribution >= 4 is 11.8 Å². The monoisotopic (exact) mass is 227 g/mol. The smallest absolute Gasteiger partial charge is 0.00954 e. The predicted octanol–water partition coefficient (Wildman–Crippen LogP) is 3.30. The van der Waals surface area contributed by atoms with Crippen LogP contribution < -0.4 is 5.32 Å². The Labute approximate surface area is 98.8 Å². The SMILES string of the molecule is CC1CCC(NC2CCSCC2)C(C)C1. The van der Waals surface area contributed by atoms with Crippen LogP contribution in [0.25, 0.3) is 0 Å². The summed E-state index contributed by atoms with van der Waals surface area (Å²) in [5.74, 6) is 4.59. The Bertz CT molecular complexity index is 189. The zero-order chi connectivity index (χ0) is 10.7. The van der Waals surface area contributed by atoms with E-state index in [1.165, 1.54) is 43.6 Å². The number of thioether (sulfide) groups is 1. The van der Waals surface area contributed by atoms with Gasteiger partial charge in [0.2, 0.25) is 0 Å². The highest BCUT2D eigenvalue weighted by Gasteiger charge is 2.27. The lowest BCUT2D eigenvalue weighted by atomic mass is 9.79. The molecule has 1 nitrogen and oxygen atoms in total. The highest BCUT2D eigenvalue weighted by Crippen LogP contribution is 2.30. The maximum atomic E-state index is 3.91. The fourth-order valence-corrected chi connectivity index (χ4v) is 4.19. The summed E-state index contributed by atoms with van der Waals surface area (Å²) in [6, 6.07) is 1.64. The molecule has 1 N–H and O–H groups in total. The third-order valence-electron chi connectivity index (χ3n) is 4.10. The molecule has 3 atom stereocenters. The first-order valence-electron chi connectivity index (χ1n) is 6.59. The molecule has 0 bridgehead atoms. The molecule has 0 aromatic rings. The lowest BCUT2D eigenvalue weighted by Gasteiger charge is -2.37. The van der Waals surface area contributed by atoms with Gasteiger partial charge >= 0.3 is 0 Å². The van der Waals surface area contributed by atoms with Crippen LogP contribution in [0.1, 0.15) is 46.0 Å². The van der Waals surface area contributed by atoms with Crippen molar-refractivity contribution in [3.8, 4) is 0 Å². The van der Waals surface area contributed by atoms with Crippen molar-refractivity contribution in [3.63, 3.8) is 0 Å². The largest absolute Gasteiger partial charge is 0.311 e. The summed E-state index contributed by atoms with van der Waals surface area (Å²) in [6.07, 6.45) is 7.06. The fourth-order valence-electron chi connectivity index (χ4n) is 3.08. The molecule has 1 saturated carbocycles. The van der Waals surface area contributed by atoms with Crippen LogP contribution in [0.5, 0.6) is 0 Å². The summed E-state index contributed by atoms with van der Waals surface area (Å²) in [7, 11) is 0. The highest BCUT2D eigenvalue weighted by molar-refractivity contribution is 7.99. The van der Waals surface area contributed by atoms with Crippen molar-refractivity contribution in [1.82, 2.24) is 5.32 Å². The molecule has 1 aliphatic heterocycles. The average molecular weight is 227 g/mol. The molecule has 1 aliphatic carbocycles. The van der Waals surface area contributed by atoms with Crippen LogP contribution >= 0.6 is 11.8 Å². The topological polar surface area (TPSA) is 12.0 Å². The molecule has 2 heteroatoms. The third kappa shape index (κ3) is 3.39. The van der Waals surface area contributed by atoms with Crippen LogP contribution in [0.15, 0.2) is 0 Å². The summed E-state index contributed by atoms with van der Waals surface area (Å²) >= 11 is 2.12. The van der Waals surface area contributed by atoms with Crippen molar-refractivity contribution in [2.45, 2.75) is 58.0 Å². The van der Waals surface area contributed by atoms with Gasteiger partial charge in [-0.05, 0) is 55.4 Å². The Morgan fingerprint density at radius 2 is 1.73 bits per heavy atom. The minimum atomic E-state index is 0.814. The van der Waals surface area contributed by atoms with Gasteiger partial charge in [-0.25, -0.2) is 0 Å². The Hall–Kier alpha value is 0.310. The van der Waals surface area contributed by atoms with Crippen LogP contribution in [-0.4, -0.2) is 23.6 Å². The lowest BCUT2D eigenvalue weighted by Crippen LogP contribution is -2.45. The summed E-state index contributed by atoms with van der Waals surface area (Å²) in [4.78, 5) is 0. The number of hydrogen-bond acceptors (Lipinski definition) is 2. The summed E-state index contributed by atoms with van der Waals surface area (Å²) in [5.41, 5.74) is 0. The maximum Gasteiger partial charge on any atom is 0.00954 e. The van der Waals surface area contributed by atoms with Crippen molar-refractivity contribution in [3.05, 3.63) is 0 Å². The molecule has 0 radical (unpaired) electrons. The van der Waals surface area contributed by atoms with Gasteiger partial charge in [0, 0.05) is 12.1 Å². The molecule has 3 unspecified atom stereocenters. The van der Waals surface area contributed by atoms with E-state index in [0.717, 1.165) is 23.9 Å². The van der Waals surface area contributed by atoms with Crippen LogP contribution in [0.3, 0.4) is 0 Å². The molecular weight excluding hydrogens is 202 g/mol. The summed E-state index contributed by atoms with van der Waals surface area (Å²) in [5, 5.41) is 3.91. The molecule has 2 aliphatic rings.